The third-order valence-electron chi connectivity index (χ3n) is 0. The monoisotopic (exact) mass is 200 g/mol. The van der Waals surface area contributed by atoms with Crippen molar-refractivity contribution < 1.29 is 9.41 Å². The summed E-state index contributed by atoms with van der Waals surface area (Å²) in [5.74, 6) is 0. The average molecular weight is 199 g/mol. The Hall–Kier alpha value is 1.92. The fourth-order valence-corrected chi connectivity index (χ4v) is 0. The maximum absolute atomic E-state index is 0. The molecule has 0 atom stereocenters. The van der Waals surface area contributed by atoms with Gasteiger partial charge in [-0.15, -0.1) is 0 Å². The number of hydrogen-bond acceptors (Lipinski definition) is 0. The van der Waals surface area contributed by atoms with Gasteiger partial charge in [0.05, 0.1) is 0 Å². The molecule has 0 amide bonds. The molecule has 0 N–H and O–H groups in total. The maximum Gasteiger partial charge on any atom is 2.00 e. The summed E-state index contributed by atoms with van der Waals surface area (Å²) in [5, 5.41) is 0. The van der Waals surface area contributed by atoms with Gasteiger partial charge >= 0.3 is 61.6 Å². The molecular formula is H2CaF2Sn. The van der Waals surface area contributed by atoms with Crippen LogP contribution in [0.25, 0.3) is 0 Å². The van der Waals surface area contributed by atoms with Crippen LogP contribution in [0.3, 0.4) is 0 Å². The first-order valence-electron chi connectivity index (χ1n) is 0. The fourth-order valence-electron chi connectivity index (χ4n) is 0. The Morgan fingerprint density at radius 2 is 0.750 bits per heavy atom. The molecule has 4 heavy (non-hydrogen) atoms. The van der Waals surface area contributed by atoms with Crippen molar-refractivity contribution in [3.63, 3.8) is 0 Å². The topological polar surface area (TPSA) is 0 Å². The SMILES string of the molecule is [CaH2].[F-].[F-].[Sn+2]. The third-order valence-corrected chi connectivity index (χ3v) is 0. The summed E-state index contributed by atoms with van der Waals surface area (Å²) < 4.78 is 0. The predicted molar refractivity (Wildman–Crippen MR) is 14.3 cm³/mol. The zero-order chi connectivity index (χ0) is 0. The molecular weight excluding hydrogens is 197 g/mol. The number of rotatable bonds is 0. The minimum absolute atomic E-state index is 0. The zero-order valence-corrected chi connectivity index (χ0v) is 4.11. The van der Waals surface area contributed by atoms with Gasteiger partial charge in [0.2, 0.25) is 0 Å². The summed E-state index contributed by atoms with van der Waals surface area (Å²) >= 11 is 0. The van der Waals surface area contributed by atoms with Crippen molar-refractivity contribution in [1.82, 2.24) is 0 Å². The van der Waals surface area contributed by atoms with Gasteiger partial charge in [-0.3, -0.25) is 0 Å². The molecule has 0 saturated carbocycles. The summed E-state index contributed by atoms with van der Waals surface area (Å²) in [5.41, 5.74) is 0. The van der Waals surface area contributed by atoms with Gasteiger partial charge in [-0.25, -0.2) is 0 Å². The molecule has 4 heteroatoms. The van der Waals surface area contributed by atoms with Crippen LogP contribution < -0.4 is 9.41 Å². The van der Waals surface area contributed by atoms with Crippen molar-refractivity contribution >= 4 is 61.6 Å². The summed E-state index contributed by atoms with van der Waals surface area (Å²) in [6.45, 7) is 0. The smallest absolute Gasteiger partial charge is 1.00 e. The molecule has 0 aliphatic carbocycles. The van der Waals surface area contributed by atoms with Crippen molar-refractivity contribution in [3.05, 3.63) is 0 Å². The van der Waals surface area contributed by atoms with Gasteiger partial charge in [-0.2, -0.15) is 0 Å². The summed E-state index contributed by atoms with van der Waals surface area (Å²) in [6, 6.07) is 0. The van der Waals surface area contributed by atoms with Gasteiger partial charge in [0, 0.05) is 0 Å². The Labute approximate surface area is 70.0 Å². The summed E-state index contributed by atoms with van der Waals surface area (Å²) in [6.07, 6.45) is 0. The van der Waals surface area contributed by atoms with E-state index in [1.165, 1.54) is 0 Å². The molecule has 0 aliphatic rings. The average Bonchev–Trinajstić information content (AvgIpc) is 0. The number of halogens is 2. The molecule has 0 fully saturated rings. The van der Waals surface area contributed by atoms with Gasteiger partial charge in [-0.05, 0) is 0 Å². The van der Waals surface area contributed by atoms with E-state index in [-0.39, 0.29) is 71.1 Å². The molecule has 0 aromatic heterocycles. The van der Waals surface area contributed by atoms with E-state index in [0.29, 0.717) is 0 Å². The van der Waals surface area contributed by atoms with E-state index < -0.39 is 0 Å². The first kappa shape index (κ1) is 38.9. The second kappa shape index (κ2) is 20.5. The molecule has 2 radical (unpaired) electrons. The van der Waals surface area contributed by atoms with Crippen LogP contribution in [-0.2, 0) is 0 Å². The van der Waals surface area contributed by atoms with Crippen molar-refractivity contribution in [2.45, 2.75) is 0 Å². The van der Waals surface area contributed by atoms with Gasteiger partial charge < -0.3 is 9.41 Å². The third kappa shape index (κ3) is 9.07. The molecule has 0 bridgehead atoms. The molecule has 0 heterocycles. The van der Waals surface area contributed by atoms with E-state index >= 15 is 0 Å². The van der Waals surface area contributed by atoms with Gasteiger partial charge in [0.25, 0.3) is 0 Å². The van der Waals surface area contributed by atoms with Crippen molar-refractivity contribution in [3.8, 4) is 0 Å². The molecule has 0 rings (SSSR count). The molecule has 0 spiro atoms. The van der Waals surface area contributed by atoms with Gasteiger partial charge in [-0.1, -0.05) is 0 Å². The Bertz CT molecular complexity index is 6.00. The van der Waals surface area contributed by atoms with E-state index in [1.807, 2.05) is 0 Å². The number of hydrogen-bond donors (Lipinski definition) is 0. The van der Waals surface area contributed by atoms with Crippen molar-refractivity contribution in [2.24, 2.45) is 0 Å². The van der Waals surface area contributed by atoms with Gasteiger partial charge in [0.1, 0.15) is 0 Å². The predicted octanol–water partition coefficient (Wildman–Crippen LogP) is -7.29. The molecule has 0 unspecified atom stereocenters. The second-order valence-electron chi connectivity index (χ2n) is 0. The van der Waals surface area contributed by atoms with Crippen LogP contribution in [-0.4, -0.2) is 61.6 Å². The van der Waals surface area contributed by atoms with Crippen molar-refractivity contribution in [1.29, 1.82) is 0 Å². The Kier molecular flexibility index (Phi) is 200. The van der Waals surface area contributed by atoms with Crippen LogP contribution in [0.5, 0.6) is 0 Å². The van der Waals surface area contributed by atoms with Crippen LogP contribution in [0.15, 0.2) is 0 Å². The van der Waals surface area contributed by atoms with Crippen molar-refractivity contribution in [2.75, 3.05) is 0 Å². The van der Waals surface area contributed by atoms with Crippen LogP contribution in [0.4, 0.5) is 0 Å². The van der Waals surface area contributed by atoms with E-state index in [1.54, 1.807) is 0 Å². The van der Waals surface area contributed by atoms with E-state index in [0.717, 1.165) is 0 Å². The normalized spacial score (nSPS) is 0. The Morgan fingerprint density at radius 1 is 0.750 bits per heavy atom. The Balaban J connectivity index is 0. The van der Waals surface area contributed by atoms with Crippen LogP contribution in [0.2, 0.25) is 0 Å². The van der Waals surface area contributed by atoms with Gasteiger partial charge in [0.15, 0.2) is 0 Å². The molecule has 0 saturated heterocycles. The molecule has 0 aromatic carbocycles. The maximum atomic E-state index is 0. The summed E-state index contributed by atoms with van der Waals surface area (Å²) in [7, 11) is 0. The zero-order valence-electron chi connectivity index (χ0n) is 1.26. The van der Waals surface area contributed by atoms with E-state index in [9.17, 15) is 0 Å². The largest absolute Gasteiger partial charge is 2.00 e. The van der Waals surface area contributed by atoms with Crippen LogP contribution in [0, 0.1) is 0 Å². The van der Waals surface area contributed by atoms with Crippen LogP contribution >= 0.6 is 0 Å². The van der Waals surface area contributed by atoms with Crippen LogP contribution in [0.1, 0.15) is 0 Å². The molecule has 0 aromatic rings. The fraction of sp³-hybridized carbons (Fsp3) is 0. The summed E-state index contributed by atoms with van der Waals surface area (Å²) in [4.78, 5) is 0. The first-order chi connectivity index (χ1) is 0. The Morgan fingerprint density at radius 3 is 0.750 bits per heavy atom. The molecule has 0 nitrogen and oxygen atoms in total. The van der Waals surface area contributed by atoms with E-state index in [4.69, 9.17) is 0 Å². The second-order valence-corrected chi connectivity index (χ2v) is 0. The molecule has 0 aliphatic heterocycles. The standard InChI is InChI=1S/Ca.2FH.Sn.2H/h;2*1H;;;/q;;;+2;;/p-2. The first-order valence-corrected chi connectivity index (χ1v) is 0. The minimum Gasteiger partial charge on any atom is -1.00 e. The van der Waals surface area contributed by atoms with E-state index in [2.05, 4.69) is 0 Å². The molecule has 22 valence electrons. The quantitative estimate of drug-likeness (QED) is 0.340. The minimum atomic E-state index is 0.